The lowest BCUT2D eigenvalue weighted by atomic mass is 9.92. The van der Waals surface area contributed by atoms with Crippen LogP contribution in [0.3, 0.4) is 0 Å². The molecule has 0 heterocycles. The molecule has 0 fully saturated rings. The van der Waals surface area contributed by atoms with Gasteiger partial charge in [-0.25, -0.2) is 4.79 Å². The highest BCUT2D eigenvalue weighted by Gasteiger charge is 2.43. The largest absolute Gasteiger partial charge is 0.444 e. The van der Waals surface area contributed by atoms with Crippen LogP contribution in [0.1, 0.15) is 43.6 Å². The van der Waals surface area contributed by atoms with Crippen LogP contribution in [0.4, 0.5) is 31.1 Å². The monoisotopic (exact) mass is 403 g/mol. The van der Waals surface area contributed by atoms with Gasteiger partial charge in [0, 0.05) is 12.1 Å². The number of benzene rings is 1. The first-order valence-corrected chi connectivity index (χ1v) is 7.64. The molecule has 0 bridgehead atoms. The Hall–Kier alpha value is -2.01. The summed E-state index contributed by atoms with van der Waals surface area (Å²) in [6, 6.07) is 1.27. The Kier molecular flexibility index (Phi) is 6.76. The van der Waals surface area contributed by atoms with E-state index in [1.54, 1.807) is 0 Å². The average molecular weight is 403 g/mol. The van der Waals surface area contributed by atoms with Gasteiger partial charge < -0.3 is 20.3 Å². The lowest BCUT2D eigenvalue weighted by Gasteiger charge is -2.26. The third kappa shape index (κ3) is 6.58. The molecule has 1 rings (SSSR count). The number of carbonyl (C=O) groups is 1. The van der Waals surface area contributed by atoms with Crippen molar-refractivity contribution < 1.29 is 46.1 Å². The molecule has 0 spiro atoms. The molecule has 0 aliphatic carbocycles. The Morgan fingerprint density at radius 3 is 1.85 bits per heavy atom. The number of rotatable bonds is 4. The Morgan fingerprint density at radius 2 is 1.48 bits per heavy atom. The summed E-state index contributed by atoms with van der Waals surface area (Å²) in [5.41, 5.74) is -5.90. The standard InChI is InChI=1S/C16H19F6NO4/c1-14(2,3)27-13(26)23-7-10(24)12(25)11-8(15(17,18)19)5-4-6-9(11)16(20,21)22/h4-6,10,12,24-25H,7H2,1-3H3,(H,23,26). The summed E-state index contributed by atoms with van der Waals surface area (Å²) >= 11 is 0. The molecule has 2 unspecified atom stereocenters. The van der Waals surface area contributed by atoms with Gasteiger partial charge in [-0.15, -0.1) is 0 Å². The van der Waals surface area contributed by atoms with Crippen molar-refractivity contribution in [2.24, 2.45) is 0 Å². The van der Waals surface area contributed by atoms with Gasteiger partial charge in [-0.05, 0) is 32.9 Å². The number of alkyl halides is 6. The fourth-order valence-corrected chi connectivity index (χ4v) is 2.18. The molecule has 1 aromatic rings. The van der Waals surface area contributed by atoms with E-state index in [9.17, 15) is 41.4 Å². The summed E-state index contributed by atoms with van der Waals surface area (Å²) < 4.78 is 83.4. The molecule has 27 heavy (non-hydrogen) atoms. The zero-order chi connectivity index (χ0) is 21.2. The lowest BCUT2D eigenvalue weighted by Crippen LogP contribution is -2.39. The molecule has 0 saturated carbocycles. The van der Waals surface area contributed by atoms with Crippen LogP contribution in [-0.4, -0.2) is 34.6 Å². The van der Waals surface area contributed by atoms with Gasteiger partial charge in [-0.2, -0.15) is 26.3 Å². The van der Waals surface area contributed by atoms with Crippen molar-refractivity contribution in [2.75, 3.05) is 6.54 Å². The van der Waals surface area contributed by atoms with Gasteiger partial charge in [0.05, 0.1) is 11.1 Å². The second kappa shape index (κ2) is 7.93. The number of hydrogen-bond donors (Lipinski definition) is 3. The van der Waals surface area contributed by atoms with Crippen molar-refractivity contribution in [3.8, 4) is 0 Å². The predicted molar refractivity (Wildman–Crippen MR) is 81.6 cm³/mol. The van der Waals surface area contributed by atoms with Crippen molar-refractivity contribution >= 4 is 6.09 Å². The van der Waals surface area contributed by atoms with Gasteiger partial charge in [0.2, 0.25) is 0 Å². The van der Waals surface area contributed by atoms with E-state index in [-0.39, 0.29) is 0 Å². The number of halogens is 6. The van der Waals surface area contributed by atoms with Crippen LogP contribution in [-0.2, 0) is 17.1 Å². The number of aliphatic hydroxyl groups is 2. The Labute approximate surface area is 150 Å². The fourth-order valence-electron chi connectivity index (χ4n) is 2.18. The first-order chi connectivity index (χ1) is 12.0. The molecule has 3 N–H and O–H groups in total. The molecule has 0 radical (unpaired) electrons. The number of carbonyl (C=O) groups excluding carboxylic acids is 1. The molecule has 1 amide bonds. The highest BCUT2D eigenvalue weighted by molar-refractivity contribution is 5.67. The van der Waals surface area contributed by atoms with E-state index in [0.29, 0.717) is 18.2 Å². The minimum absolute atomic E-state index is 0.363. The molecule has 0 aliphatic heterocycles. The van der Waals surface area contributed by atoms with Crippen LogP contribution in [0.25, 0.3) is 0 Å². The van der Waals surface area contributed by atoms with E-state index < -0.39 is 59.5 Å². The smallest absolute Gasteiger partial charge is 0.416 e. The molecule has 154 valence electrons. The maximum atomic E-state index is 13.1. The van der Waals surface area contributed by atoms with Crippen molar-refractivity contribution in [2.45, 2.75) is 50.9 Å². The average Bonchev–Trinajstić information content (AvgIpc) is 2.47. The minimum Gasteiger partial charge on any atom is -0.444 e. The zero-order valence-corrected chi connectivity index (χ0v) is 14.6. The molecule has 2 atom stereocenters. The van der Waals surface area contributed by atoms with E-state index in [1.165, 1.54) is 20.8 Å². The van der Waals surface area contributed by atoms with Gasteiger partial charge in [0.15, 0.2) is 0 Å². The van der Waals surface area contributed by atoms with E-state index >= 15 is 0 Å². The fraction of sp³-hybridized carbons (Fsp3) is 0.562. The Bertz CT molecular complexity index is 634. The molecular weight excluding hydrogens is 384 g/mol. The topological polar surface area (TPSA) is 78.8 Å². The van der Waals surface area contributed by atoms with Crippen molar-refractivity contribution in [3.63, 3.8) is 0 Å². The zero-order valence-electron chi connectivity index (χ0n) is 14.6. The normalized spacial score (nSPS) is 15.2. The summed E-state index contributed by atoms with van der Waals surface area (Å²) in [4.78, 5) is 11.5. The highest BCUT2D eigenvalue weighted by atomic mass is 19.4. The molecule has 5 nitrogen and oxygen atoms in total. The molecule has 0 aliphatic rings. The third-order valence-corrected chi connectivity index (χ3v) is 3.23. The minimum atomic E-state index is -5.20. The number of hydrogen-bond acceptors (Lipinski definition) is 4. The number of aliphatic hydroxyl groups excluding tert-OH is 2. The summed E-state index contributed by atoms with van der Waals surface area (Å²) in [5, 5.41) is 21.8. The van der Waals surface area contributed by atoms with Crippen LogP contribution in [0, 0.1) is 0 Å². The Morgan fingerprint density at radius 1 is 1.04 bits per heavy atom. The third-order valence-electron chi connectivity index (χ3n) is 3.23. The number of alkyl carbamates (subject to hydrolysis) is 1. The van der Waals surface area contributed by atoms with E-state index in [0.717, 1.165) is 0 Å². The molecule has 11 heteroatoms. The summed E-state index contributed by atoms with van der Waals surface area (Å²) in [6.45, 7) is 3.73. The molecule has 1 aromatic carbocycles. The van der Waals surface area contributed by atoms with Crippen LogP contribution >= 0.6 is 0 Å². The molecule has 0 aromatic heterocycles. The van der Waals surface area contributed by atoms with Gasteiger partial charge in [0.1, 0.15) is 17.8 Å². The van der Waals surface area contributed by atoms with Crippen LogP contribution in [0.15, 0.2) is 18.2 Å². The highest BCUT2D eigenvalue weighted by Crippen LogP contribution is 2.42. The Balaban J connectivity index is 3.14. The van der Waals surface area contributed by atoms with E-state index in [1.807, 2.05) is 5.32 Å². The maximum absolute atomic E-state index is 13.1. The molecule has 0 saturated heterocycles. The number of amides is 1. The van der Waals surface area contributed by atoms with Crippen LogP contribution in [0.5, 0.6) is 0 Å². The van der Waals surface area contributed by atoms with Crippen molar-refractivity contribution in [1.29, 1.82) is 0 Å². The van der Waals surface area contributed by atoms with Gasteiger partial charge in [-0.3, -0.25) is 0 Å². The quantitative estimate of drug-likeness (QED) is 0.671. The maximum Gasteiger partial charge on any atom is 0.416 e. The lowest BCUT2D eigenvalue weighted by molar-refractivity contribution is -0.147. The second-order valence-corrected chi connectivity index (χ2v) is 6.66. The van der Waals surface area contributed by atoms with E-state index in [4.69, 9.17) is 4.74 Å². The van der Waals surface area contributed by atoms with E-state index in [2.05, 4.69) is 0 Å². The van der Waals surface area contributed by atoms with Crippen LogP contribution in [0.2, 0.25) is 0 Å². The SMILES string of the molecule is CC(C)(C)OC(=O)NCC(O)C(O)c1c(C(F)(F)F)cccc1C(F)(F)F. The molecular formula is C16H19F6NO4. The van der Waals surface area contributed by atoms with Crippen LogP contribution < -0.4 is 5.32 Å². The number of nitrogens with one attached hydrogen (secondary N) is 1. The van der Waals surface area contributed by atoms with Gasteiger partial charge >= 0.3 is 18.4 Å². The first-order valence-electron chi connectivity index (χ1n) is 7.64. The first kappa shape index (κ1) is 23.0. The number of ether oxygens (including phenoxy) is 1. The van der Waals surface area contributed by atoms with Crippen molar-refractivity contribution in [3.05, 3.63) is 34.9 Å². The predicted octanol–water partition coefficient (Wildman–Crippen LogP) is 3.64. The summed E-state index contributed by atoms with van der Waals surface area (Å²) in [7, 11) is 0. The summed E-state index contributed by atoms with van der Waals surface area (Å²) in [5.74, 6) is 0. The van der Waals surface area contributed by atoms with Gasteiger partial charge in [-0.1, -0.05) is 6.07 Å². The second-order valence-electron chi connectivity index (χ2n) is 6.66. The van der Waals surface area contributed by atoms with Crippen molar-refractivity contribution in [1.82, 2.24) is 5.32 Å². The summed E-state index contributed by atoms with van der Waals surface area (Å²) in [6.07, 6.45) is -16.2. The van der Waals surface area contributed by atoms with Gasteiger partial charge in [0.25, 0.3) is 0 Å².